The van der Waals surface area contributed by atoms with E-state index in [-0.39, 0.29) is 31.1 Å². The Bertz CT molecular complexity index is 1320. The minimum Gasteiger partial charge on any atom is -0.462 e. The normalized spacial score (nSPS) is 12.5. The molecule has 0 radical (unpaired) electrons. The summed E-state index contributed by atoms with van der Waals surface area (Å²) < 4.78 is 16.9. The van der Waals surface area contributed by atoms with E-state index in [4.69, 9.17) is 14.2 Å². The number of hydrogen-bond acceptors (Lipinski definition) is 6. The Labute approximate surface area is 440 Å². The average Bonchev–Trinajstić information content (AvgIpc) is 3.37. The first-order valence-corrected chi connectivity index (χ1v) is 30.4. The number of allylic oxidation sites excluding steroid dienone is 12. The van der Waals surface area contributed by atoms with Crippen molar-refractivity contribution < 1.29 is 28.6 Å². The van der Waals surface area contributed by atoms with Crippen LogP contribution in [0.5, 0.6) is 0 Å². The molecule has 0 fully saturated rings. The van der Waals surface area contributed by atoms with Gasteiger partial charge in [-0.05, 0) is 89.9 Å². The van der Waals surface area contributed by atoms with Gasteiger partial charge in [0.2, 0.25) is 0 Å². The number of carbonyl (C=O) groups is 3. The molecule has 0 rings (SSSR count). The molecular weight excluding hydrogens is 877 g/mol. The smallest absolute Gasteiger partial charge is 0.306 e. The third kappa shape index (κ3) is 57.6. The molecule has 6 nitrogen and oxygen atoms in total. The summed E-state index contributed by atoms with van der Waals surface area (Å²) in [6.07, 6.45) is 76.2. The van der Waals surface area contributed by atoms with Crippen molar-refractivity contribution in [2.45, 2.75) is 309 Å². The highest BCUT2D eigenvalue weighted by Gasteiger charge is 2.19. The number of carbonyl (C=O) groups excluding carboxylic acids is 3. The fourth-order valence-electron chi connectivity index (χ4n) is 8.64. The van der Waals surface area contributed by atoms with Crippen molar-refractivity contribution in [3.8, 4) is 0 Å². The molecule has 0 spiro atoms. The number of esters is 3. The van der Waals surface area contributed by atoms with E-state index in [0.717, 1.165) is 103 Å². The van der Waals surface area contributed by atoms with Gasteiger partial charge in [-0.25, -0.2) is 0 Å². The van der Waals surface area contributed by atoms with Crippen LogP contribution in [0.2, 0.25) is 0 Å². The second-order valence-electron chi connectivity index (χ2n) is 20.2. The number of ether oxygens (including phenoxy) is 3. The van der Waals surface area contributed by atoms with Crippen LogP contribution in [0, 0.1) is 0 Å². The summed E-state index contributed by atoms with van der Waals surface area (Å²) in [6, 6.07) is 0. The minimum atomic E-state index is -0.789. The van der Waals surface area contributed by atoms with Gasteiger partial charge in [-0.3, -0.25) is 14.4 Å². The van der Waals surface area contributed by atoms with Gasteiger partial charge in [0.1, 0.15) is 13.2 Å². The highest BCUT2D eigenvalue weighted by atomic mass is 16.6. The van der Waals surface area contributed by atoms with Gasteiger partial charge in [0.05, 0.1) is 0 Å². The second-order valence-corrected chi connectivity index (χ2v) is 20.2. The molecular formula is C65H114O6. The van der Waals surface area contributed by atoms with Crippen LogP contribution in [0.1, 0.15) is 303 Å². The van der Waals surface area contributed by atoms with E-state index in [1.807, 2.05) is 0 Å². The summed E-state index contributed by atoms with van der Waals surface area (Å²) >= 11 is 0. The van der Waals surface area contributed by atoms with Crippen LogP contribution >= 0.6 is 0 Å². The lowest BCUT2D eigenvalue weighted by Gasteiger charge is -2.18. The van der Waals surface area contributed by atoms with Crippen molar-refractivity contribution in [1.82, 2.24) is 0 Å². The van der Waals surface area contributed by atoms with Crippen LogP contribution in [0.4, 0.5) is 0 Å². The van der Waals surface area contributed by atoms with Crippen LogP contribution in [-0.2, 0) is 28.6 Å². The van der Waals surface area contributed by atoms with E-state index in [9.17, 15) is 14.4 Å². The molecule has 0 bridgehead atoms. The van der Waals surface area contributed by atoms with Crippen molar-refractivity contribution in [2.75, 3.05) is 13.2 Å². The quantitative estimate of drug-likeness (QED) is 0.0261. The van der Waals surface area contributed by atoms with E-state index in [2.05, 4.69) is 93.7 Å². The highest BCUT2D eigenvalue weighted by Crippen LogP contribution is 2.16. The molecule has 0 amide bonds. The summed E-state index contributed by atoms with van der Waals surface area (Å²) in [6.45, 7) is 6.51. The SMILES string of the molecule is CC/C=C\C/C=C\C/C=C\CCCCCC(=O)OCC(COC(=O)CCCCCCCCCC/C=C\C/C=C\C/C=C\CCCCCCC)OC(=O)CCCCCCCCCCCCCCCCCCC. The van der Waals surface area contributed by atoms with Gasteiger partial charge in [-0.1, -0.05) is 267 Å². The Morgan fingerprint density at radius 2 is 0.549 bits per heavy atom. The van der Waals surface area contributed by atoms with Gasteiger partial charge < -0.3 is 14.2 Å². The molecule has 410 valence electrons. The van der Waals surface area contributed by atoms with Crippen LogP contribution in [0.25, 0.3) is 0 Å². The van der Waals surface area contributed by atoms with Gasteiger partial charge >= 0.3 is 17.9 Å². The first-order chi connectivity index (χ1) is 35.0. The monoisotopic (exact) mass is 991 g/mol. The third-order valence-electron chi connectivity index (χ3n) is 13.2. The molecule has 6 heteroatoms. The van der Waals surface area contributed by atoms with Gasteiger partial charge in [-0.2, -0.15) is 0 Å². The summed E-state index contributed by atoms with van der Waals surface area (Å²) in [5.74, 6) is -0.911. The Hall–Kier alpha value is -3.15. The van der Waals surface area contributed by atoms with E-state index >= 15 is 0 Å². The van der Waals surface area contributed by atoms with E-state index in [0.29, 0.717) is 19.3 Å². The third-order valence-corrected chi connectivity index (χ3v) is 13.2. The van der Waals surface area contributed by atoms with E-state index < -0.39 is 6.10 Å². The summed E-state index contributed by atoms with van der Waals surface area (Å²) in [7, 11) is 0. The summed E-state index contributed by atoms with van der Waals surface area (Å²) in [4.78, 5) is 38.2. The molecule has 0 aliphatic carbocycles. The standard InChI is InChI=1S/C65H114O6/c1-4-7-10-13-16-19-22-25-27-29-30-31-32-33-34-36-37-40-43-46-49-52-55-58-64(67)70-61-62(60-69-63(66)57-54-51-48-45-42-39-24-21-18-15-12-9-6-3)71-65(68)59-56-53-50-47-44-41-38-35-28-26-23-20-17-14-11-8-5-2/h9,12,18,21-22,25,29-30,32-33,39,42,62H,4-8,10-11,13-17,19-20,23-24,26-28,31,34-38,40-41,43-61H2,1-3H3/b12-9-,21-18-,25-22-,30-29-,33-32-,42-39-. The molecule has 0 aliphatic heterocycles. The zero-order valence-corrected chi connectivity index (χ0v) is 47.0. The Kier molecular flexibility index (Phi) is 56.8. The number of hydrogen-bond donors (Lipinski definition) is 0. The Morgan fingerprint density at radius 1 is 0.296 bits per heavy atom. The fourth-order valence-corrected chi connectivity index (χ4v) is 8.64. The molecule has 0 aliphatic rings. The predicted octanol–water partition coefficient (Wildman–Crippen LogP) is 20.5. The highest BCUT2D eigenvalue weighted by molar-refractivity contribution is 5.71. The zero-order chi connectivity index (χ0) is 51.4. The van der Waals surface area contributed by atoms with E-state index in [1.54, 1.807) is 0 Å². The van der Waals surface area contributed by atoms with Crippen LogP contribution in [-0.4, -0.2) is 37.2 Å². The van der Waals surface area contributed by atoms with Gasteiger partial charge in [0.15, 0.2) is 6.10 Å². The largest absolute Gasteiger partial charge is 0.462 e. The molecule has 0 heterocycles. The Morgan fingerprint density at radius 3 is 0.873 bits per heavy atom. The van der Waals surface area contributed by atoms with Crippen LogP contribution in [0.15, 0.2) is 72.9 Å². The minimum absolute atomic E-state index is 0.0866. The molecule has 0 saturated heterocycles. The van der Waals surface area contributed by atoms with Gasteiger partial charge in [-0.15, -0.1) is 0 Å². The van der Waals surface area contributed by atoms with Crippen molar-refractivity contribution in [3.63, 3.8) is 0 Å². The Balaban J connectivity index is 4.35. The second kappa shape index (κ2) is 59.4. The van der Waals surface area contributed by atoms with Gasteiger partial charge in [0.25, 0.3) is 0 Å². The maximum atomic E-state index is 12.9. The topological polar surface area (TPSA) is 78.9 Å². The van der Waals surface area contributed by atoms with Crippen molar-refractivity contribution in [1.29, 1.82) is 0 Å². The lowest BCUT2D eigenvalue weighted by Crippen LogP contribution is -2.30. The molecule has 1 unspecified atom stereocenters. The molecule has 0 aromatic carbocycles. The zero-order valence-electron chi connectivity index (χ0n) is 47.0. The number of unbranched alkanes of at least 4 members (excludes halogenated alkanes) is 32. The molecule has 0 aromatic rings. The predicted molar refractivity (Wildman–Crippen MR) is 307 cm³/mol. The van der Waals surface area contributed by atoms with Crippen LogP contribution in [0.3, 0.4) is 0 Å². The summed E-state index contributed by atoms with van der Waals surface area (Å²) in [5.41, 5.74) is 0. The van der Waals surface area contributed by atoms with Crippen molar-refractivity contribution in [2.24, 2.45) is 0 Å². The first-order valence-electron chi connectivity index (χ1n) is 30.4. The lowest BCUT2D eigenvalue weighted by molar-refractivity contribution is -0.167. The molecule has 0 saturated carbocycles. The van der Waals surface area contributed by atoms with E-state index in [1.165, 1.54) is 161 Å². The first kappa shape index (κ1) is 67.8. The van der Waals surface area contributed by atoms with Crippen molar-refractivity contribution >= 4 is 17.9 Å². The molecule has 0 N–H and O–H groups in total. The maximum absolute atomic E-state index is 12.9. The maximum Gasteiger partial charge on any atom is 0.306 e. The fraction of sp³-hybridized carbons (Fsp3) is 0.769. The molecule has 0 aromatic heterocycles. The van der Waals surface area contributed by atoms with Crippen LogP contribution < -0.4 is 0 Å². The summed E-state index contributed by atoms with van der Waals surface area (Å²) in [5, 5.41) is 0. The molecule has 1 atom stereocenters. The lowest BCUT2D eigenvalue weighted by atomic mass is 10.0. The van der Waals surface area contributed by atoms with Crippen molar-refractivity contribution in [3.05, 3.63) is 72.9 Å². The molecule has 71 heavy (non-hydrogen) atoms. The average molecular weight is 992 g/mol. The number of rotatable bonds is 55. The van der Waals surface area contributed by atoms with Gasteiger partial charge in [0, 0.05) is 19.3 Å².